The van der Waals surface area contributed by atoms with Gasteiger partial charge in [0.2, 0.25) is 5.91 Å². The van der Waals surface area contributed by atoms with Crippen LogP contribution in [-0.4, -0.2) is 43.0 Å². The number of amides is 1. The molecule has 0 aliphatic heterocycles. The molecule has 0 aromatic heterocycles. The average molecular weight is 342 g/mol. The summed E-state index contributed by atoms with van der Waals surface area (Å²) in [6, 6.07) is 0.797. The fourth-order valence-electron chi connectivity index (χ4n) is 2.70. The van der Waals surface area contributed by atoms with Crippen LogP contribution in [0, 0.1) is 5.92 Å². The predicted octanol–water partition coefficient (Wildman–Crippen LogP) is 2.58. The number of halogens is 2. The summed E-state index contributed by atoms with van der Waals surface area (Å²) in [5.41, 5.74) is 6.07. The van der Waals surface area contributed by atoms with Crippen LogP contribution in [0.15, 0.2) is 0 Å². The summed E-state index contributed by atoms with van der Waals surface area (Å²) < 4.78 is 0. The molecular formula is C15H33Cl2N3O. The topological polar surface area (TPSA) is 58.4 Å². The molecule has 0 aromatic carbocycles. The van der Waals surface area contributed by atoms with E-state index in [0.29, 0.717) is 18.4 Å². The van der Waals surface area contributed by atoms with Crippen LogP contribution in [0.2, 0.25) is 0 Å². The van der Waals surface area contributed by atoms with Gasteiger partial charge in [0.1, 0.15) is 0 Å². The van der Waals surface area contributed by atoms with Crippen LogP contribution in [0.5, 0.6) is 0 Å². The van der Waals surface area contributed by atoms with E-state index >= 15 is 0 Å². The van der Waals surface area contributed by atoms with Crippen molar-refractivity contribution < 1.29 is 4.79 Å². The summed E-state index contributed by atoms with van der Waals surface area (Å²) in [7, 11) is 2.11. The van der Waals surface area contributed by atoms with Gasteiger partial charge >= 0.3 is 0 Å². The van der Waals surface area contributed by atoms with Crippen LogP contribution in [0.25, 0.3) is 0 Å². The molecule has 1 amide bonds. The normalized spacial score (nSPS) is 22.9. The molecule has 0 bridgehead atoms. The van der Waals surface area contributed by atoms with Gasteiger partial charge in [-0.2, -0.15) is 0 Å². The Kier molecular flexibility index (Phi) is 13.8. The standard InChI is InChI=1S/C15H31N3O.2ClH/c1-4-12(2)18(3)10-9-17-15(19)11-13-7-5-6-8-14(13)16;;/h12-14H,4-11,16H2,1-3H3,(H,17,19);2*1H. The van der Waals surface area contributed by atoms with Crippen molar-refractivity contribution in [1.82, 2.24) is 10.2 Å². The minimum Gasteiger partial charge on any atom is -0.355 e. The summed E-state index contributed by atoms with van der Waals surface area (Å²) in [6.07, 6.45) is 6.38. The highest BCUT2D eigenvalue weighted by molar-refractivity contribution is 5.85. The predicted molar refractivity (Wildman–Crippen MR) is 94.4 cm³/mol. The number of nitrogens with one attached hydrogen (secondary N) is 1. The number of rotatable bonds is 7. The van der Waals surface area contributed by atoms with Crippen molar-refractivity contribution in [2.24, 2.45) is 11.7 Å². The molecule has 0 heterocycles. The number of hydrogen-bond acceptors (Lipinski definition) is 3. The lowest BCUT2D eigenvalue weighted by atomic mass is 9.83. The maximum Gasteiger partial charge on any atom is 0.220 e. The van der Waals surface area contributed by atoms with Crippen molar-refractivity contribution in [3.63, 3.8) is 0 Å². The molecule has 6 heteroatoms. The number of nitrogens with zero attached hydrogens (tertiary/aromatic N) is 1. The van der Waals surface area contributed by atoms with Gasteiger partial charge in [-0.3, -0.25) is 4.79 Å². The lowest BCUT2D eigenvalue weighted by Crippen LogP contribution is -2.40. The fourth-order valence-corrected chi connectivity index (χ4v) is 2.70. The van der Waals surface area contributed by atoms with E-state index in [0.717, 1.165) is 32.4 Å². The van der Waals surface area contributed by atoms with E-state index in [4.69, 9.17) is 5.73 Å². The van der Waals surface area contributed by atoms with Gasteiger partial charge in [-0.05, 0) is 39.2 Å². The Morgan fingerprint density at radius 2 is 1.95 bits per heavy atom. The third kappa shape index (κ3) is 8.87. The van der Waals surface area contributed by atoms with Crippen LogP contribution in [0.4, 0.5) is 0 Å². The first kappa shape index (κ1) is 23.2. The molecule has 3 atom stereocenters. The quantitative estimate of drug-likeness (QED) is 0.748. The maximum atomic E-state index is 11.9. The fraction of sp³-hybridized carbons (Fsp3) is 0.933. The first-order chi connectivity index (χ1) is 9.04. The molecule has 0 spiro atoms. The number of likely N-dealkylation sites (N-methyl/N-ethyl adjacent to an activating group) is 1. The first-order valence-electron chi connectivity index (χ1n) is 7.77. The summed E-state index contributed by atoms with van der Waals surface area (Å²) in [5, 5.41) is 3.02. The molecule has 3 N–H and O–H groups in total. The van der Waals surface area contributed by atoms with Crippen molar-refractivity contribution in [2.75, 3.05) is 20.1 Å². The van der Waals surface area contributed by atoms with Crippen molar-refractivity contribution in [2.45, 2.75) is 64.5 Å². The molecular weight excluding hydrogens is 309 g/mol. The van der Waals surface area contributed by atoms with Crippen LogP contribution in [0.3, 0.4) is 0 Å². The molecule has 0 radical (unpaired) electrons. The summed E-state index contributed by atoms with van der Waals surface area (Å²) in [4.78, 5) is 14.2. The molecule has 0 saturated heterocycles. The zero-order valence-electron chi connectivity index (χ0n) is 13.6. The Hall–Kier alpha value is -0.0300. The van der Waals surface area contributed by atoms with E-state index in [1.54, 1.807) is 0 Å². The number of hydrogen-bond donors (Lipinski definition) is 2. The van der Waals surface area contributed by atoms with E-state index in [1.165, 1.54) is 12.8 Å². The molecule has 1 fully saturated rings. The zero-order valence-corrected chi connectivity index (χ0v) is 15.3. The monoisotopic (exact) mass is 341 g/mol. The minimum absolute atomic E-state index is 0. The summed E-state index contributed by atoms with van der Waals surface area (Å²) in [5.74, 6) is 0.556. The molecule has 0 aromatic rings. The summed E-state index contributed by atoms with van der Waals surface area (Å²) in [6.45, 7) is 6.05. The molecule has 128 valence electrons. The average Bonchev–Trinajstić information content (AvgIpc) is 2.40. The van der Waals surface area contributed by atoms with E-state index in [9.17, 15) is 4.79 Å². The van der Waals surface area contributed by atoms with Gasteiger partial charge in [-0.1, -0.05) is 19.8 Å². The largest absolute Gasteiger partial charge is 0.355 e. The van der Waals surface area contributed by atoms with Gasteiger partial charge < -0.3 is 16.0 Å². The second kappa shape index (κ2) is 12.5. The van der Waals surface area contributed by atoms with Gasteiger partial charge in [-0.25, -0.2) is 0 Å². The number of nitrogens with two attached hydrogens (primary N) is 1. The molecule has 4 nitrogen and oxygen atoms in total. The van der Waals surface area contributed by atoms with Crippen LogP contribution < -0.4 is 11.1 Å². The maximum absolute atomic E-state index is 11.9. The first-order valence-corrected chi connectivity index (χ1v) is 7.77. The lowest BCUT2D eigenvalue weighted by molar-refractivity contribution is -0.122. The Labute approximate surface area is 142 Å². The highest BCUT2D eigenvalue weighted by Crippen LogP contribution is 2.25. The Morgan fingerprint density at radius 3 is 2.52 bits per heavy atom. The highest BCUT2D eigenvalue weighted by Gasteiger charge is 2.23. The van der Waals surface area contributed by atoms with Gasteiger partial charge in [-0.15, -0.1) is 24.8 Å². The van der Waals surface area contributed by atoms with E-state index < -0.39 is 0 Å². The molecule has 3 unspecified atom stereocenters. The zero-order chi connectivity index (χ0) is 14.3. The van der Waals surface area contributed by atoms with Crippen molar-refractivity contribution in [3.8, 4) is 0 Å². The summed E-state index contributed by atoms with van der Waals surface area (Å²) >= 11 is 0. The third-order valence-electron chi connectivity index (χ3n) is 4.55. The van der Waals surface area contributed by atoms with E-state index in [1.807, 2.05) is 0 Å². The van der Waals surface area contributed by atoms with Crippen molar-refractivity contribution >= 4 is 30.7 Å². The molecule has 1 rings (SSSR count). The third-order valence-corrected chi connectivity index (χ3v) is 4.55. The molecule has 1 aliphatic carbocycles. The van der Waals surface area contributed by atoms with E-state index in [2.05, 4.69) is 31.1 Å². The van der Waals surface area contributed by atoms with Gasteiger partial charge in [0.05, 0.1) is 0 Å². The van der Waals surface area contributed by atoms with Crippen LogP contribution >= 0.6 is 24.8 Å². The molecule has 1 saturated carbocycles. The number of carbonyl (C=O) groups excluding carboxylic acids is 1. The van der Waals surface area contributed by atoms with Gasteiger partial charge in [0.25, 0.3) is 0 Å². The molecule has 1 aliphatic rings. The highest BCUT2D eigenvalue weighted by atomic mass is 35.5. The second-order valence-corrected chi connectivity index (χ2v) is 6.00. The number of carbonyl (C=O) groups is 1. The van der Waals surface area contributed by atoms with Gasteiger partial charge in [0.15, 0.2) is 0 Å². The Morgan fingerprint density at radius 1 is 1.33 bits per heavy atom. The SMILES string of the molecule is CCC(C)N(C)CCNC(=O)CC1CCCCC1N.Cl.Cl. The Balaban J connectivity index is 0. The smallest absolute Gasteiger partial charge is 0.220 e. The lowest BCUT2D eigenvalue weighted by Gasteiger charge is -2.28. The second-order valence-electron chi connectivity index (χ2n) is 6.00. The molecule has 21 heavy (non-hydrogen) atoms. The van der Waals surface area contributed by atoms with Crippen molar-refractivity contribution in [1.29, 1.82) is 0 Å². The van der Waals surface area contributed by atoms with Gasteiger partial charge in [0, 0.05) is 31.6 Å². The van der Waals surface area contributed by atoms with E-state index in [-0.39, 0.29) is 36.8 Å². The van der Waals surface area contributed by atoms with Crippen molar-refractivity contribution in [3.05, 3.63) is 0 Å². The van der Waals surface area contributed by atoms with Crippen LogP contribution in [0.1, 0.15) is 52.4 Å². The van der Waals surface area contributed by atoms with Crippen LogP contribution in [-0.2, 0) is 4.79 Å². The Bertz CT molecular complexity index is 280. The minimum atomic E-state index is 0.